The van der Waals surface area contributed by atoms with Gasteiger partial charge in [0.2, 0.25) is 5.91 Å². The monoisotopic (exact) mass is 269 g/mol. The third-order valence-electron chi connectivity index (χ3n) is 2.52. The predicted molar refractivity (Wildman–Crippen MR) is 66.5 cm³/mol. The van der Waals surface area contributed by atoms with Crippen molar-refractivity contribution in [3.05, 3.63) is 29.6 Å². The lowest BCUT2D eigenvalue weighted by Crippen LogP contribution is -2.26. The number of nitrogens with one attached hydrogen (secondary N) is 1. The van der Waals surface area contributed by atoms with Crippen molar-refractivity contribution in [1.29, 1.82) is 0 Å². The maximum atomic E-state index is 13.4. The summed E-state index contributed by atoms with van der Waals surface area (Å²) in [6.45, 7) is 0.102. The number of aliphatic carboxylic acids is 1. The number of methoxy groups -OCH3 is 1. The second-order valence-corrected chi connectivity index (χ2v) is 3.96. The van der Waals surface area contributed by atoms with Gasteiger partial charge in [-0.15, -0.1) is 0 Å². The van der Waals surface area contributed by atoms with Crippen LogP contribution in [0.15, 0.2) is 18.2 Å². The molecule has 0 unspecified atom stereocenters. The molecule has 0 aromatic heterocycles. The number of hydrogen-bond acceptors (Lipinski definition) is 3. The first-order chi connectivity index (χ1) is 9.02. The molecule has 0 spiro atoms. The van der Waals surface area contributed by atoms with Crippen molar-refractivity contribution in [2.45, 2.75) is 19.3 Å². The molecular weight excluding hydrogens is 253 g/mol. The van der Waals surface area contributed by atoms with Crippen molar-refractivity contribution < 1.29 is 23.8 Å². The van der Waals surface area contributed by atoms with Crippen molar-refractivity contribution in [2.75, 3.05) is 13.7 Å². The molecule has 0 fully saturated rings. The highest BCUT2D eigenvalue weighted by Gasteiger charge is 2.06. The van der Waals surface area contributed by atoms with Gasteiger partial charge in [0.25, 0.3) is 0 Å². The standard InChI is InChI=1S/C13H16FNO4/c1-19-11-4-2-9(8-10(11)14)3-5-12(16)15-7-6-13(17)18/h2,4,8H,3,5-7H2,1H3,(H,15,16)(H,17,18). The molecule has 6 heteroatoms. The number of carbonyl (C=O) groups excluding carboxylic acids is 1. The zero-order valence-corrected chi connectivity index (χ0v) is 10.6. The van der Waals surface area contributed by atoms with Crippen LogP contribution in [0.25, 0.3) is 0 Å². The van der Waals surface area contributed by atoms with E-state index in [4.69, 9.17) is 9.84 Å². The molecule has 0 aliphatic carbocycles. The van der Waals surface area contributed by atoms with Gasteiger partial charge in [-0.2, -0.15) is 0 Å². The summed E-state index contributed by atoms with van der Waals surface area (Å²) in [5.41, 5.74) is 0.687. The summed E-state index contributed by atoms with van der Waals surface area (Å²) < 4.78 is 18.2. The average molecular weight is 269 g/mol. The van der Waals surface area contributed by atoms with Gasteiger partial charge in [-0.1, -0.05) is 6.07 Å². The molecule has 0 atom stereocenters. The largest absolute Gasteiger partial charge is 0.494 e. The Morgan fingerprint density at radius 2 is 2.11 bits per heavy atom. The van der Waals surface area contributed by atoms with Crippen molar-refractivity contribution in [3.8, 4) is 5.75 Å². The number of hydrogen-bond donors (Lipinski definition) is 2. The first-order valence-electron chi connectivity index (χ1n) is 5.84. The molecule has 104 valence electrons. The van der Waals surface area contributed by atoms with Crippen molar-refractivity contribution in [1.82, 2.24) is 5.32 Å². The topological polar surface area (TPSA) is 75.6 Å². The molecule has 1 amide bonds. The summed E-state index contributed by atoms with van der Waals surface area (Å²) in [7, 11) is 1.38. The number of ether oxygens (including phenoxy) is 1. The predicted octanol–water partition coefficient (Wildman–Crippen LogP) is 1.36. The Morgan fingerprint density at radius 1 is 1.37 bits per heavy atom. The molecule has 0 aliphatic rings. The third-order valence-corrected chi connectivity index (χ3v) is 2.52. The van der Waals surface area contributed by atoms with E-state index in [2.05, 4.69) is 5.32 Å². The highest BCUT2D eigenvalue weighted by Crippen LogP contribution is 2.18. The Hall–Kier alpha value is -2.11. The van der Waals surface area contributed by atoms with Crippen LogP contribution < -0.4 is 10.1 Å². The van der Waals surface area contributed by atoms with Gasteiger partial charge in [-0.25, -0.2) is 4.39 Å². The Kier molecular flexibility index (Phi) is 5.78. The Bertz CT molecular complexity index is 462. The number of halogens is 1. The minimum absolute atomic E-state index is 0.102. The van der Waals surface area contributed by atoms with E-state index in [1.165, 1.54) is 19.2 Å². The van der Waals surface area contributed by atoms with Gasteiger partial charge >= 0.3 is 5.97 Å². The fourth-order valence-corrected chi connectivity index (χ4v) is 1.52. The lowest BCUT2D eigenvalue weighted by atomic mass is 10.1. The number of rotatable bonds is 7. The number of amides is 1. The summed E-state index contributed by atoms with van der Waals surface area (Å²) in [5, 5.41) is 10.9. The van der Waals surface area contributed by atoms with Crippen molar-refractivity contribution >= 4 is 11.9 Å². The Morgan fingerprint density at radius 3 is 2.68 bits per heavy atom. The molecule has 0 radical (unpaired) electrons. The molecule has 0 saturated heterocycles. The van der Waals surface area contributed by atoms with Crippen LogP contribution >= 0.6 is 0 Å². The number of carboxylic acid groups (broad SMARTS) is 1. The molecular formula is C13H16FNO4. The van der Waals surface area contributed by atoms with Gasteiger partial charge in [0, 0.05) is 13.0 Å². The van der Waals surface area contributed by atoms with E-state index in [9.17, 15) is 14.0 Å². The van der Waals surface area contributed by atoms with Crippen LogP contribution in [0, 0.1) is 5.82 Å². The first-order valence-corrected chi connectivity index (χ1v) is 5.84. The molecule has 1 aromatic carbocycles. The molecule has 0 bridgehead atoms. The van der Waals surface area contributed by atoms with E-state index in [-0.39, 0.29) is 31.0 Å². The number of carboxylic acids is 1. The van der Waals surface area contributed by atoms with E-state index in [0.717, 1.165) is 0 Å². The van der Waals surface area contributed by atoms with Gasteiger partial charge in [-0.3, -0.25) is 9.59 Å². The quantitative estimate of drug-likeness (QED) is 0.783. The molecule has 19 heavy (non-hydrogen) atoms. The van der Waals surface area contributed by atoms with E-state index in [0.29, 0.717) is 12.0 Å². The van der Waals surface area contributed by atoms with Gasteiger partial charge in [0.1, 0.15) is 0 Å². The molecule has 1 aromatic rings. The fourth-order valence-electron chi connectivity index (χ4n) is 1.52. The van der Waals surface area contributed by atoms with Crippen LogP contribution in [0.2, 0.25) is 0 Å². The van der Waals surface area contributed by atoms with Crippen molar-refractivity contribution in [2.24, 2.45) is 0 Å². The lowest BCUT2D eigenvalue weighted by molar-refractivity contribution is -0.136. The minimum atomic E-state index is -0.961. The van der Waals surface area contributed by atoms with Gasteiger partial charge in [0.15, 0.2) is 11.6 Å². The molecule has 0 aliphatic heterocycles. The minimum Gasteiger partial charge on any atom is -0.494 e. The summed E-state index contributed by atoms with van der Waals surface area (Å²) in [6.07, 6.45) is 0.466. The lowest BCUT2D eigenvalue weighted by Gasteiger charge is -2.06. The SMILES string of the molecule is COc1ccc(CCC(=O)NCCC(=O)O)cc1F. The van der Waals surface area contributed by atoms with E-state index in [1.807, 2.05) is 0 Å². The number of carbonyl (C=O) groups is 2. The first kappa shape index (κ1) is 14.9. The highest BCUT2D eigenvalue weighted by atomic mass is 19.1. The summed E-state index contributed by atoms with van der Waals surface area (Å²) in [4.78, 5) is 21.6. The Balaban J connectivity index is 2.37. The summed E-state index contributed by atoms with van der Waals surface area (Å²) in [5.74, 6) is -1.52. The maximum absolute atomic E-state index is 13.4. The van der Waals surface area contributed by atoms with Crippen LogP contribution in [0.1, 0.15) is 18.4 Å². The van der Waals surface area contributed by atoms with Gasteiger partial charge in [0.05, 0.1) is 13.5 Å². The third kappa shape index (κ3) is 5.37. The van der Waals surface area contributed by atoms with Gasteiger partial charge in [-0.05, 0) is 24.1 Å². The smallest absolute Gasteiger partial charge is 0.305 e. The fraction of sp³-hybridized carbons (Fsp3) is 0.385. The number of aryl methyl sites for hydroxylation is 1. The van der Waals surface area contributed by atoms with Crippen LogP contribution in [0.5, 0.6) is 5.75 Å². The van der Waals surface area contributed by atoms with E-state index in [1.54, 1.807) is 6.07 Å². The molecule has 0 saturated carbocycles. The van der Waals surface area contributed by atoms with Crippen LogP contribution in [-0.2, 0) is 16.0 Å². The molecule has 2 N–H and O–H groups in total. The molecule has 1 rings (SSSR count). The van der Waals surface area contributed by atoms with Crippen LogP contribution in [0.3, 0.4) is 0 Å². The Labute approximate surface area is 110 Å². The summed E-state index contributed by atoms with van der Waals surface area (Å²) >= 11 is 0. The average Bonchev–Trinajstić information content (AvgIpc) is 2.36. The van der Waals surface area contributed by atoms with Crippen LogP contribution in [0.4, 0.5) is 4.39 Å². The normalized spacial score (nSPS) is 10.0. The summed E-state index contributed by atoms with van der Waals surface area (Å²) in [6, 6.07) is 4.52. The molecule has 0 heterocycles. The highest BCUT2D eigenvalue weighted by molar-refractivity contribution is 5.77. The zero-order chi connectivity index (χ0) is 14.3. The van der Waals surface area contributed by atoms with Crippen LogP contribution in [-0.4, -0.2) is 30.6 Å². The second kappa shape index (κ2) is 7.35. The van der Waals surface area contributed by atoms with Gasteiger partial charge < -0.3 is 15.2 Å². The van der Waals surface area contributed by atoms with E-state index < -0.39 is 11.8 Å². The number of benzene rings is 1. The van der Waals surface area contributed by atoms with E-state index >= 15 is 0 Å². The molecule has 5 nitrogen and oxygen atoms in total. The van der Waals surface area contributed by atoms with Crippen molar-refractivity contribution in [3.63, 3.8) is 0 Å². The zero-order valence-electron chi connectivity index (χ0n) is 10.6. The second-order valence-electron chi connectivity index (χ2n) is 3.96. The maximum Gasteiger partial charge on any atom is 0.305 e.